The second-order valence-corrected chi connectivity index (χ2v) is 7.83. The molecule has 0 aliphatic rings. The minimum atomic E-state index is -5.42. The van der Waals surface area contributed by atoms with E-state index < -0.39 is 20.2 Å². The van der Waals surface area contributed by atoms with Crippen LogP contribution in [0.5, 0.6) is 11.5 Å². The Kier molecular flexibility index (Phi) is 5.20. The molecule has 0 radical (unpaired) electrons. The fraction of sp³-hybridized carbons (Fsp3) is 0.0769. The van der Waals surface area contributed by atoms with Gasteiger partial charge in [-0.2, -0.15) is 13.2 Å². The van der Waals surface area contributed by atoms with Crippen LogP contribution in [0.3, 0.4) is 0 Å². The van der Waals surface area contributed by atoms with Gasteiger partial charge < -0.3 is 4.74 Å². The Labute approximate surface area is 148 Å². The smallest absolute Gasteiger partial charge is 0.456 e. The second-order valence-electron chi connectivity index (χ2n) is 4.22. The Hall–Kier alpha value is -0.960. The molecule has 0 fully saturated rings. The van der Waals surface area contributed by atoms with Gasteiger partial charge in [0.15, 0.2) is 0 Å². The van der Waals surface area contributed by atoms with Crippen LogP contribution in [-0.2, 0) is 9.84 Å². The molecule has 2 aromatic carbocycles. The number of benzene rings is 2. The molecule has 0 N–H and O–H groups in total. The van der Waals surface area contributed by atoms with Crippen LogP contribution in [0.4, 0.5) is 13.2 Å². The third kappa shape index (κ3) is 3.93. The molecule has 0 aromatic heterocycles. The topological polar surface area (TPSA) is 43.4 Å². The van der Waals surface area contributed by atoms with Gasteiger partial charge >= 0.3 is 5.51 Å². The number of hydrogen-bond acceptors (Lipinski definition) is 3. The molecule has 0 unspecified atom stereocenters. The van der Waals surface area contributed by atoms with Crippen LogP contribution >= 0.6 is 39.1 Å². The first-order chi connectivity index (χ1) is 10.5. The van der Waals surface area contributed by atoms with Crippen LogP contribution in [0.2, 0.25) is 10.0 Å². The van der Waals surface area contributed by atoms with Crippen molar-refractivity contribution in [3.63, 3.8) is 0 Å². The van der Waals surface area contributed by atoms with E-state index >= 15 is 0 Å². The van der Waals surface area contributed by atoms with Crippen LogP contribution < -0.4 is 4.74 Å². The average Bonchev–Trinajstić information content (AvgIpc) is 2.43. The van der Waals surface area contributed by atoms with E-state index in [0.717, 1.165) is 18.2 Å². The quantitative estimate of drug-likeness (QED) is 0.591. The maximum Gasteiger partial charge on any atom is 0.501 e. The molecule has 0 bridgehead atoms. The minimum Gasteiger partial charge on any atom is -0.456 e. The Morgan fingerprint density at radius 1 is 1.00 bits per heavy atom. The molecule has 124 valence electrons. The van der Waals surface area contributed by atoms with Gasteiger partial charge in [0.2, 0.25) is 0 Å². The molecule has 10 heteroatoms. The van der Waals surface area contributed by atoms with Crippen molar-refractivity contribution in [3.8, 4) is 11.5 Å². The van der Waals surface area contributed by atoms with Crippen molar-refractivity contribution >= 4 is 49.0 Å². The summed E-state index contributed by atoms with van der Waals surface area (Å²) < 4.78 is 65.7. The predicted octanol–water partition coefficient (Wildman–Crippen LogP) is 5.84. The van der Waals surface area contributed by atoms with Gasteiger partial charge in [0, 0.05) is 6.07 Å². The first-order valence-electron chi connectivity index (χ1n) is 5.76. The van der Waals surface area contributed by atoms with Crippen LogP contribution in [-0.4, -0.2) is 13.9 Å². The summed E-state index contributed by atoms with van der Waals surface area (Å²) in [6.07, 6.45) is 0. The zero-order chi connectivity index (χ0) is 17.4. The van der Waals surface area contributed by atoms with Crippen molar-refractivity contribution in [3.05, 3.63) is 50.9 Å². The Morgan fingerprint density at radius 3 is 2.17 bits per heavy atom. The van der Waals surface area contributed by atoms with Crippen LogP contribution in [0, 0.1) is 0 Å². The second kappa shape index (κ2) is 6.51. The van der Waals surface area contributed by atoms with Crippen LogP contribution in [0.25, 0.3) is 0 Å². The summed E-state index contributed by atoms with van der Waals surface area (Å²) in [6.45, 7) is 0. The summed E-state index contributed by atoms with van der Waals surface area (Å²) in [5.74, 6) is 0.399. The molecular formula is C13H6BrCl2F3O3S. The molecule has 0 spiro atoms. The van der Waals surface area contributed by atoms with Crippen molar-refractivity contribution in [2.75, 3.05) is 0 Å². The zero-order valence-electron chi connectivity index (χ0n) is 10.9. The van der Waals surface area contributed by atoms with Gasteiger partial charge in [0.05, 0.1) is 19.4 Å². The highest BCUT2D eigenvalue weighted by Gasteiger charge is 2.47. The van der Waals surface area contributed by atoms with E-state index in [-0.39, 0.29) is 21.0 Å². The van der Waals surface area contributed by atoms with E-state index in [0.29, 0.717) is 5.02 Å². The molecular weight excluding hydrogens is 444 g/mol. The number of hydrogen-bond donors (Lipinski definition) is 0. The van der Waals surface area contributed by atoms with Gasteiger partial charge in [0.1, 0.15) is 11.5 Å². The SMILES string of the molecule is O=S(=O)(c1ccc(Oc2ccc(Cl)c(Cl)c2)c(Br)c1)C(F)(F)F. The number of sulfone groups is 1. The van der Waals surface area contributed by atoms with Gasteiger partial charge in [-0.1, -0.05) is 23.2 Å². The molecule has 0 saturated heterocycles. The first kappa shape index (κ1) is 18.4. The highest BCUT2D eigenvalue weighted by atomic mass is 79.9. The third-order valence-corrected chi connectivity index (χ3v) is 5.48. The van der Waals surface area contributed by atoms with Crippen molar-refractivity contribution in [1.29, 1.82) is 0 Å². The predicted molar refractivity (Wildman–Crippen MR) is 83.9 cm³/mol. The molecule has 2 aromatic rings. The number of rotatable bonds is 3. The molecule has 23 heavy (non-hydrogen) atoms. The van der Waals surface area contributed by atoms with Crippen LogP contribution in [0.1, 0.15) is 0 Å². The van der Waals surface area contributed by atoms with Crippen LogP contribution in [0.15, 0.2) is 45.8 Å². The van der Waals surface area contributed by atoms with E-state index in [9.17, 15) is 21.6 Å². The summed E-state index contributed by atoms with van der Waals surface area (Å²) in [5, 5.41) is 0.543. The van der Waals surface area contributed by atoms with Gasteiger partial charge in [-0.05, 0) is 46.3 Å². The molecule has 0 atom stereocenters. The molecule has 2 rings (SSSR count). The standard InChI is InChI=1S/C13H6BrCl2F3O3S/c14-9-6-8(23(20,21)13(17,18)19)2-4-12(9)22-7-1-3-10(15)11(16)5-7/h1-6H. The minimum absolute atomic E-state index is 0.0360. The van der Waals surface area contributed by atoms with Crippen molar-refractivity contribution < 1.29 is 26.3 Å². The zero-order valence-corrected chi connectivity index (χ0v) is 14.8. The van der Waals surface area contributed by atoms with Gasteiger partial charge in [-0.3, -0.25) is 0 Å². The average molecular weight is 450 g/mol. The fourth-order valence-corrected chi connectivity index (χ4v) is 3.22. The Morgan fingerprint density at radius 2 is 1.65 bits per heavy atom. The van der Waals surface area contributed by atoms with Gasteiger partial charge in [-0.25, -0.2) is 8.42 Å². The number of alkyl halides is 3. The van der Waals surface area contributed by atoms with Crippen molar-refractivity contribution in [2.24, 2.45) is 0 Å². The highest BCUT2D eigenvalue weighted by Crippen LogP contribution is 2.37. The lowest BCUT2D eigenvalue weighted by Crippen LogP contribution is -2.23. The van der Waals surface area contributed by atoms with Gasteiger partial charge in [0.25, 0.3) is 9.84 Å². The summed E-state index contributed by atoms with van der Waals surface area (Å²) in [4.78, 5) is -0.890. The Bertz CT molecular complexity index is 854. The lowest BCUT2D eigenvalue weighted by Gasteiger charge is -2.12. The van der Waals surface area contributed by atoms with Gasteiger partial charge in [-0.15, -0.1) is 0 Å². The molecule has 3 nitrogen and oxygen atoms in total. The fourth-order valence-electron chi connectivity index (χ4n) is 1.53. The monoisotopic (exact) mass is 448 g/mol. The lowest BCUT2D eigenvalue weighted by atomic mass is 10.3. The van der Waals surface area contributed by atoms with E-state index in [2.05, 4.69) is 15.9 Å². The molecule has 0 aliphatic heterocycles. The van der Waals surface area contributed by atoms with E-state index in [1.165, 1.54) is 18.2 Å². The van der Waals surface area contributed by atoms with Crippen molar-refractivity contribution in [2.45, 2.75) is 10.4 Å². The van der Waals surface area contributed by atoms with E-state index in [1.54, 1.807) is 0 Å². The summed E-state index contributed by atoms with van der Waals surface area (Å²) >= 11 is 14.6. The number of ether oxygens (including phenoxy) is 1. The highest BCUT2D eigenvalue weighted by molar-refractivity contribution is 9.10. The molecule has 0 heterocycles. The third-order valence-electron chi connectivity index (χ3n) is 2.64. The molecule has 0 aliphatic carbocycles. The van der Waals surface area contributed by atoms with E-state index in [4.69, 9.17) is 27.9 Å². The molecule has 0 saturated carbocycles. The molecule has 0 amide bonds. The first-order valence-corrected chi connectivity index (χ1v) is 8.79. The maximum atomic E-state index is 12.5. The largest absolute Gasteiger partial charge is 0.501 e. The Balaban J connectivity index is 2.35. The number of halogens is 6. The lowest BCUT2D eigenvalue weighted by molar-refractivity contribution is -0.0436. The normalized spacial score (nSPS) is 12.3. The van der Waals surface area contributed by atoms with E-state index in [1.807, 2.05) is 0 Å². The maximum absolute atomic E-state index is 12.5. The summed E-state index contributed by atoms with van der Waals surface area (Å²) in [5.41, 5.74) is -5.38. The summed E-state index contributed by atoms with van der Waals surface area (Å²) in [7, 11) is -5.42. The van der Waals surface area contributed by atoms with Crippen molar-refractivity contribution in [1.82, 2.24) is 0 Å². The summed E-state index contributed by atoms with van der Waals surface area (Å²) in [6, 6.07) is 7.12.